The number of amides is 1. The number of halogens is 1. The van der Waals surface area contributed by atoms with Crippen molar-refractivity contribution in [2.45, 2.75) is 0 Å². The summed E-state index contributed by atoms with van der Waals surface area (Å²) < 4.78 is 29.6. The van der Waals surface area contributed by atoms with Gasteiger partial charge in [0.1, 0.15) is 0 Å². The Bertz CT molecular complexity index is 237. The Morgan fingerprint density at radius 1 is 1.50 bits per heavy atom. The van der Waals surface area contributed by atoms with E-state index in [0.717, 1.165) is 0 Å². The highest BCUT2D eigenvalue weighted by Crippen LogP contribution is 1.77. The van der Waals surface area contributed by atoms with E-state index in [0.29, 0.717) is 0 Å². The van der Waals surface area contributed by atoms with Crippen molar-refractivity contribution >= 4 is 16.2 Å². The topological polar surface area (TPSA) is 86.7 Å². The first-order valence-electron chi connectivity index (χ1n) is 2.74. The van der Waals surface area contributed by atoms with Crippen LogP contribution >= 0.6 is 0 Å². The lowest BCUT2D eigenvalue weighted by atomic mass is 10.6. The van der Waals surface area contributed by atoms with Crippen LogP contribution in [0.15, 0.2) is 0 Å². The zero-order valence-corrected chi connectivity index (χ0v) is 7.46. The number of rotatable bonds is 3. The Kier molecular flexibility index (Phi) is 5.78. The molecule has 0 aromatic carbocycles. The first-order chi connectivity index (χ1) is 4.81. The molecule has 0 atom stereocenters. The van der Waals surface area contributed by atoms with Crippen LogP contribution in [0.1, 0.15) is 0 Å². The van der Waals surface area contributed by atoms with Crippen LogP contribution in [-0.2, 0) is 15.1 Å². The van der Waals surface area contributed by atoms with Crippen molar-refractivity contribution in [2.24, 2.45) is 0 Å². The quantitative estimate of drug-likeness (QED) is 0.551. The van der Waals surface area contributed by atoms with Crippen molar-refractivity contribution in [3.63, 3.8) is 0 Å². The van der Waals surface area contributed by atoms with Gasteiger partial charge in [0.2, 0.25) is 5.91 Å². The molecule has 0 spiro atoms. The smallest absolute Gasteiger partial charge is 0.301 e. The van der Waals surface area contributed by atoms with Crippen LogP contribution in [0.4, 0.5) is 4.70 Å². The molecule has 0 heterocycles. The average Bonchev–Trinajstić information content (AvgIpc) is 1.53. The summed E-state index contributed by atoms with van der Waals surface area (Å²) >= 11 is 0. The van der Waals surface area contributed by atoms with E-state index in [1.54, 1.807) is 14.1 Å². The Balaban J connectivity index is 0. The van der Waals surface area contributed by atoms with E-state index in [9.17, 15) is 13.2 Å². The SMILES string of the molecule is CN(C)CC(=O)NS(=O)(=O)O.F. The number of likely N-dealkylation sites (N-methyl/N-ethyl adjacent to an activating group) is 1. The molecule has 0 saturated heterocycles. The second-order valence-electron chi connectivity index (χ2n) is 2.24. The van der Waals surface area contributed by atoms with E-state index in [1.165, 1.54) is 9.62 Å². The summed E-state index contributed by atoms with van der Waals surface area (Å²) in [4.78, 5) is 12.0. The highest BCUT2D eigenvalue weighted by atomic mass is 32.2. The molecular formula is C4H11FN2O4S. The normalized spacial score (nSPS) is 10.7. The molecular weight excluding hydrogens is 191 g/mol. The molecule has 0 bridgehead atoms. The fourth-order valence-electron chi connectivity index (χ4n) is 0.463. The Labute approximate surface area is 69.8 Å². The van der Waals surface area contributed by atoms with Gasteiger partial charge in [-0.05, 0) is 14.1 Å². The zero-order chi connectivity index (χ0) is 9.07. The number of carbonyl (C=O) groups excluding carboxylic acids is 1. The van der Waals surface area contributed by atoms with Gasteiger partial charge in [0, 0.05) is 0 Å². The number of hydrogen-bond donors (Lipinski definition) is 2. The van der Waals surface area contributed by atoms with Gasteiger partial charge < -0.3 is 4.90 Å². The summed E-state index contributed by atoms with van der Waals surface area (Å²) in [6.07, 6.45) is 0. The highest BCUT2D eigenvalue weighted by molar-refractivity contribution is 7.84. The second kappa shape index (κ2) is 5.01. The van der Waals surface area contributed by atoms with Gasteiger partial charge in [-0.25, -0.2) is 4.72 Å². The van der Waals surface area contributed by atoms with Crippen molar-refractivity contribution in [1.29, 1.82) is 0 Å². The van der Waals surface area contributed by atoms with Gasteiger partial charge in [0.25, 0.3) is 0 Å². The summed E-state index contributed by atoms with van der Waals surface area (Å²) in [5, 5.41) is 0. The molecule has 2 N–H and O–H groups in total. The predicted molar refractivity (Wildman–Crippen MR) is 40.7 cm³/mol. The van der Waals surface area contributed by atoms with Crippen molar-refractivity contribution in [3.8, 4) is 0 Å². The zero-order valence-electron chi connectivity index (χ0n) is 6.64. The van der Waals surface area contributed by atoms with Crippen LogP contribution in [0.2, 0.25) is 0 Å². The molecule has 0 rings (SSSR count). The molecule has 0 unspecified atom stereocenters. The molecule has 0 aliphatic carbocycles. The molecule has 1 amide bonds. The molecule has 0 aliphatic heterocycles. The Hall–Kier alpha value is -0.730. The largest absolute Gasteiger partial charge is 0.359 e. The van der Waals surface area contributed by atoms with E-state index in [2.05, 4.69) is 0 Å². The molecule has 0 saturated carbocycles. The third kappa shape index (κ3) is 9.27. The predicted octanol–water partition coefficient (Wildman–Crippen LogP) is -1.38. The van der Waals surface area contributed by atoms with Crippen LogP contribution < -0.4 is 4.72 Å². The van der Waals surface area contributed by atoms with Gasteiger partial charge in [-0.2, -0.15) is 8.42 Å². The molecule has 0 aromatic rings. The van der Waals surface area contributed by atoms with E-state index >= 15 is 0 Å². The minimum Gasteiger partial charge on any atom is -0.301 e. The highest BCUT2D eigenvalue weighted by Gasteiger charge is 2.09. The van der Waals surface area contributed by atoms with Crippen LogP contribution in [0.25, 0.3) is 0 Å². The Morgan fingerprint density at radius 3 is 2.17 bits per heavy atom. The monoisotopic (exact) mass is 202 g/mol. The number of nitrogens with one attached hydrogen (secondary N) is 1. The maximum atomic E-state index is 10.6. The number of carbonyl (C=O) groups is 1. The van der Waals surface area contributed by atoms with Gasteiger partial charge >= 0.3 is 10.3 Å². The molecule has 8 heteroatoms. The van der Waals surface area contributed by atoms with Gasteiger partial charge in [0.05, 0.1) is 6.54 Å². The van der Waals surface area contributed by atoms with Crippen molar-refractivity contribution < 1.29 is 22.5 Å². The first kappa shape index (κ1) is 13.8. The fraction of sp³-hybridized carbons (Fsp3) is 0.750. The third-order valence-corrected chi connectivity index (χ3v) is 1.19. The molecule has 0 fully saturated rings. The fourth-order valence-corrected chi connectivity index (χ4v) is 0.816. The van der Waals surface area contributed by atoms with Gasteiger partial charge in [-0.15, -0.1) is 0 Å². The average molecular weight is 202 g/mol. The van der Waals surface area contributed by atoms with Crippen LogP contribution in [-0.4, -0.2) is 44.4 Å². The maximum absolute atomic E-state index is 10.6. The van der Waals surface area contributed by atoms with Crippen LogP contribution in [0, 0.1) is 0 Å². The van der Waals surface area contributed by atoms with E-state index in [1.807, 2.05) is 0 Å². The van der Waals surface area contributed by atoms with Gasteiger partial charge in [-0.3, -0.25) is 14.1 Å². The molecule has 74 valence electrons. The van der Waals surface area contributed by atoms with Crippen molar-refractivity contribution in [2.75, 3.05) is 20.6 Å². The van der Waals surface area contributed by atoms with Crippen LogP contribution in [0.3, 0.4) is 0 Å². The lowest BCUT2D eigenvalue weighted by molar-refractivity contribution is -0.120. The van der Waals surface area contributed by atoms with E-state index < -0.39 is 16.2 Å². The van der Waals surface area contributed by atoms with Crippen molar-refractivity contribution in [3.05, 3.63) is 0 Å². The van der Waals surface area contributed by atoms with Gasteiger partial charge in [-0.1, -0.05) is 0 Å². The van der Waals surface area contributed by atoms with Crippen LogP contribution in [0.5, 0.6) is 0 Å². The Morgan fingerprint density at radius 2 is 1.92 bits per heavy atom. The lowest BCUT2D eigenvalue weighted by Gasteiger charge is -2.07. The molecule has 0 radical (unpaired) electrons. The molecule has 0 aromatic heterocycles. The van der Waals surface area contributed by atoms with E-state index in [4.69, 9.17) is 4.55 Å². The molecule has 0 aliphatic rings. The summed E-state index contributed by atoms with van der Waals surface area (Å²) in [6.45, 7) is -0.0835. The summed E-state index contributed by atoms with van der Waals surface area (Å²) in [6, 6.07) is 0. The standard InChI is InChI=1S/C4H10N2O4S.FH/c1-6(2)3-4(7)5-11(8,9)10;/h3H2,1-2H3,(H,5,7)(H,8,9,10);1H. The maximum Gasteiger partial charge on any atom is 0.359 e. The summed E-state index contributed by atoms with van der Waals surface area (Å²) in [7, 11) is -1.19. The van der Waals surface area contributed by atoms with Crippen molar-refractivity contribution in [1.82, 2.24) is 9.62 Å². The second-order valence-corrected chi connectivity index (χ2v) is 3.39. The van der Waals surface area contributed by atoms with Gasteiger partial charge in [0.15, 0.2) is 0 Å². The molecule has 6 nitrogen and oxygen atoms in total. The summed E-state index contributed by atoms with van der Waals surface area (Å²) in [5.41, 5.74) is 0. The summed E-state index contributed by atoms with van der Waals surface area (Å²) in [5.74, 6) is -0.766. The minimum absolute atomic E-state index is 0. The number of hydrogen-bond acceptors (Lipinski definition) is 4. The molecule has 12 heavy (non-hydrogen) atoms. The lowest BCUT2D eigenvalue weighted by Crippen LogP contribution is -2.36. The first-order valence-corrected chi connectivity index (χ1v) is 4.18. The number of nitrogens with zero attached hydrogens (tertiary/aromatic N) is 1. The minimum atomic E-state index is -4.40. The third-order valence-electron chi connectivity index (χ3n) is 0.703. The van der Waals surface area contributed by atoms with E-state index in [-0.39, 0.29) is 11.2 Å².